The van der Waals surface area contributed by atoms with E-state index in [1.54, 1.807) is 0 Å². The predicted molar refractivity (Wildman–Crippen MR) is 85.2 cm³/mol. The fraction of sp³-hybridized carbons (Fsp3) is 0.625. The Morgan fingerprint density at radius 1 is 1.30 bits per heavy atom. The van der Waals surface area contributed by atoms with E-state index in [0.717, 1.165) is 37.2 Å². The number of nitrogens with two attached hydrogens (primary N) is 1. The van der Waals surface area contributed by atoms with Gasteiger partial charge in [-0.2, -0.15) is 0 Å². The summed E-state index contributed by atoms with van der Waals surface area (Å²) in [6.07, 6.45) is 3.20. The van der Waals surface area contributed by atoms with Crippen molar-refractivity contribution < 1.29 is 9.84 Å². The number of nitrogens with one attached hydrogen (secondary N) is 1. The molecule has 0 bridgehead atoms. The average Bonchev–Trinajstić information content (AvgIpc) is 2.39. The van der Waals surface area contributed by atoms with Crippen LogP contribution in [0.4, 0.5) is 11.4 Å². The summed E-state index contributed by atoms with van der Waals surface area (Å²) in [5.41, 5.74) is 7.57. The average molecular weight is 280 g/mol. The molecule has 0 aliphatic rings. The summed E-state index contributed by atoms with van der Waals surface area (Å²) in [5.74, 6) is 1.22. The van der Waals surface area contributed by atoms with Gasteiger partial charge >= 0.3 is 0 Å². The van der Waals surface area contributed by atoms with Crippen LogP contribution < -0.4 is 15.8 Å². The minimum Gasteiger partial charge on any atom is -0.489 e. The molecular formula is C16H28N2O2. The van der Waals surface area contributed by atoms with E-state index >= 15 is 0 Å². The zero-order chi connectivity index (χ0) is 15.0. The van der Waals surface area contributed by atoms with E-state index < -0.39 is 0 Å². The highest BCUT2D eigenvalue weighted by atomic mass is 16.5. The lowest BCUT2D eigenvalue weighted by Crippen LogP contribution is -2.16. The summed E-state index contributed by atoms with van der Waals surface area (Å²) >= 11 is 0. The summed E-state index contributed by atoms with van der Waals surface area (Å²) < 4.78 is 5.68. The Morgan fingerprint density at radius 3 is 2.65 bits per heavy atom. The fourth-order valence-corrected chi connectivity index (χ4v) is 2.20. The smallest absolute Gasteiger partial charge is 0.144 e. The molecule has 1 atom stereocenters. The highest BCUT2D eigenvalue weighted by molar-refractivity contribution is 5.61. The van der Waals surface area contributed by atoms with Crippen LogP contribution in [0, 0.1) is 5.92 Å². The maximum absolute atomic E-state index is 9.08. The van der Waals surface area contributed by atoms with Gasteiger partial charge in [0.25, 0.3) is 0 Å². The molecule has 1 unspecified atom stereocenters. The van der Waals surface area contributed by atoms with Gasteiger partial charge in [0, 0.05) is 24.9 Å². The van der Waals surface area contributed by atoms with Crippen LogP contribution in [0.3, 0.4) is 0 Å². The van der Waals surface area contributed by atoms with Gasteiger partial charge in [-0.15, -0.1) is 0 Å². The van der Waals surface area contributed by atoms with Crippen molar-refractivity contribution in [2.45, 2.75) is 46.1 Å². The van der Waals surface area contributed by atoms with Crippen LogP contribution >= 0.6 is 0 Å². The molecule has 1 aromatic carbocycles. The summed E-state index contributed by atoms with van der Waals surface area (Å²) in [7, 11) is 0. The number of aliphatic hydroxyl groups excluding tert-OH is 1. The van der Waals surface area contributed by atoms with E-state index in [0.29, 0.717) is 11.6 Å². The largest absolute Gasteiger partial charge is 0.489 e. The van der Waals surface area contributed by atoms with Crippen LogP contribution in [0.15, 0.2) is 18.2 Å². The highest BCUT2D eigenvalue weighted by Crippen LogP contribution is 2.27. The van der Waals surface area contributed by atoms with E-state index in [1.165, 1.54) is 0 Å². The van der Waals surface area contributed by atoms with Gasteiger partial charge in [0.2, 0.25) is 0 Å². The van der Waals surface area contributed by atoms with Gasteiger partial charge in [-0.1, -0.05) is 13.3 Å². The van der Waals surface area contributed by atoms with Gasteiger partial charge in [-0.05, 0) is 44.7 Å². The second-order valence-electron chi connectivity index (χ2n) is 5.47. The van der Waals surface area contributed by atoms with Gasteiger partial charge in [0.05, 0.1) is 11.8 Å². The van der Waals surface area contributed by atoms with E-state index in [-0.39, 0.29) is 12.7 Å². The Balaban J connectivity index is 2.62. The van der Waals surface area contributed by atoms with E-state index in [2.05, 4.69) is 12.2 Å². The lowest BCUT2D eigenvalue weighted by molar-refractivity contribution is 0.244. The molecule has 0 saturated carbocycles. The predicted octanol–water partition coefficient (Wildman–Crippen LogP) is 3.27. The molecular weight excluding hydrogens is 252 g/mol. The first-order valence-electron chi connectivity index (χ1n) is 7.47. The number of ether oxygens (including phenoxy) is 1. The molecule has 0 aromatic heterocycles. The Kier molecular flexibility index (Phi) is 7.23. The summed E-state index contributed by atoms with van der Waals surface area (Å²) in [6.45, 7) is 7.24. The van der Waals surface area contributed by atoms with Gasteiger partial charge < -0.3 is 20.9 Å². The van der Waals surface area contributed by atoms with Crippen LogP contribution in [0.2, 0.25) is 0 Å². The first-order chi connectivity index (χ1) is 9.56. The minimum absolute atomic E-state index is 0.106. The zero-order valence-electron chi connectivity index (χ0n) is 12.9. The van der Waals surface area contributed by atoms with Crippen molar-refractivity contribution in [3.8, 4) is 5.75 Å². The summed E-state index contributed by atoms with van der Waals surface area (Å²) in [4.78, 5) is 0. The molecule has 0 saturated heterocycles. The maximum Gasteiger partial charge on any atom is 0.144 e. The molecule has 20 heavy (non-hydrogen) atoms. The van der Waals surface area contributed by atoms with Crippen molar-refractivity contribution in [1.29, 1.82) is 0 Å². The number of rotatable bonds is 9. The lowest BCUT2D eigenvalue weighted by Gasteiger charge is -2.18. The summed E-state index contributed by atoms with van der Waals surface area (Å²) in [6, 6.07) is 5.77. The number of hydrogen-bond donors (Lipinski definition) is 3. The molecule has 4 heteroatoms. The third-order valence-electron chi connectivity index (χ3n) is 3.21. The number of benzene rings is 1. The van der Waals surface area contributed by atoms with Crippen LogP contribution in [0.1, 0.15) is 40.0 Å². The number of nitrogen functional groups attached to an aromatic ring is 1. The Hall–Kier alpha value is -1.42. The van der Waals surface area contributed by atoms with Crippen LogP contribution in [0.5, 0.6) is 5.75 Å². The second kappa shape index (κ2) is 8.69. The molecule has 1 rings (SSSR count). The van der Waals surface area contributed by atoms with Crippen molar-refractivity contribution in [3.63, 3.8) is 0 Å². The molecule has 4 nitrogen and oxygen atoms in total. The molecule has 0 amide bonds. The molecule has 0 heterocycles. The normalized spacial score (nSPS) is 12.4. The second-order valence-corrected chi connectivity index (χ2v) is 5.47. The maximum atomic E-state index is 9.08. The van der Waals surface area contributed by atoms with Crippen molar-refractivity contribution in [1.82, 2.24) is 0 Å². The van der Waals surface area contributed by atoms with Crippen molar-refractivity contribution in [2.24, 2.45) is 5.92 Å². The van der Waals surface area contributed by atoms with E-state index in [9.17, 15) is 0 Å². The quantitative estimate of drug-likeness (QED) is 0.607. The van der Waals surface area contributed by atoms with Gasteiger partial charge in [0.1, 0.15) is 5.75 Å². The minimum atomic E-state index is 0.106. The molecule has 0 aliphatic heterocycles. The van der Waals surface area contributed by atoms with Crippen LogP contribution in [0.25, 0.3) is 0 Å². The molecule has 1 aromatic rings. The third-order valence-corrected chi connectivity index (χ3v) is 3.21. The Morgan fingerprint density at radius 2 is 2.05 bits per heavy atom. The molecule has 0 spiro atoms. The lowest BCUT2D eigenvalue weighted by atomic mass is 10.00. The van der Waals surface area contributed by atoms with Gasteiger partial charge in [0.15, 0.2) is 0 Å². The topological polar surface area (TPSA) is 67.5 Å². The molecule has 4 N–H and O–H groups in total. The molecule has 0 radical (unpaired) electrons. The molecule has 0 aliphatic carbocycles. The zero-order valence-corrected chi connectivity index (χ0v) is 12.9. The fourth-order valence-electron chi connectivity index (χ4n) is 2.20. The standard InChI is InChI=1S/C16H28N2O2/c1-4-5-13(8-9-19)11-18-14-6-7-15(17)16(10-14)20-12(2)3/h6-7,10,12-13,18-19H,4-5,8-9,11,17H2,1-3H3. The first-order valence-corrected chi connectivity index (χ1v) is 7.47. The van der Waals surface area contributed by atoms with E-state index in [4.69, 9.17) is 15.6 Å². The van der Waals surface area contributed by atoms with Crippen molar-refractivity contribution >= 4 is 11.4 Å². The molecule has 114 valence electrons. The third kappa shape index (κ3) is 5.70. The SMILES string of the molecule is CCCC(CCO)CNc1ccc(N)c(OC(C)C)c1. The highest BCUT2D eigenvalue weighted by Gasteiger charge is 2.08. The van der Waals surface area contributed by atoms with Crippen LogP contribution in [-0.4, -0.2) is 24.4 Å². The number of aliphatic hydroxyl groups is 1. The van der Waals surface area contributed by atoms with E-state index in [1.807, 2.05) is 32.0 Å². The Labute approximate surface area is 122 Å². The van der Waals surface area contributed by atoms with Gasteiger partial charge in [-0.25, -0.2) is 0 Å². The number of hydrogen-bond acceptors (Lipinski definition) is 4. The Bertz CT molecular complexity index is 388. The van der Waals surface area contributed by atoms with Crippen molar-refractivity contribution in [3.05, 3.63) is 18.2 Å². The molecule has 0 fully saturated rings. The first kappa shape index (κ1) is 16.6. The summed E-state index contributed by atoms with van der Waals surface area (Å²) in [5, 5.41) is 12.5. The number of anilines is 2. The van der Waals surface area contributed by atoms with Crippen LogP contribution in [-0.2, 0) is 0 Å². The van der Waals surface area contributed by atoms with Gasteiger partial charge in [-0.3, -0.25) is 0 Å². The van der Waals surface area contributed by atoms with Crippen molar-refractivity contribution in [2.75, 3.05) is 24.2 Å². The monoisotopic (exact) mass is 280 g/mol.